The molecule has 1 aliphatic rings. The average Bonchev–Trinajstić information content (AvgIpc) is 2.09. The summed E-state index contributed by atoms with van der Waals surface area (Å²) in [6.07, 6.45) is 0.00548. The van der Waals surface area contributed by atoms with Gasteiger partial charge in [0.1, 0.15) is 12.2 Å². The van der Waals surface area contributed by atoms with Crippen LogP contribution in [0.15, 0.2) is 0 Å². The summed E-state index contributed by atoms with van der Waals surface area (Å²) in [4.78, 5) is 21.5. The van der Waals surface area contributed by atoms with Crippen molar-refractivity contribution in [2.75, 3.05) is 0 Å². The maximum atomic E-state index is 10.7. The number of ether oxygens (including phenoxy) is 2. The quantitative estimate of drug-likeness (QED) is 0.676. The van der Waals surface area contributed by atoms with Crippen molar-refractivity contribution >= 4 is 11.9 Å². The van der Waals surface area contributed by atoms with Gasteiger partial charge in [-0.1, -0.05) is 0 Å². The molecule has 1 fully saturated rings. The van der Waals surface area contributed by atoms with Crippen LogP contribution in [0.1, 0.15) is 33.1 Å². The summed E-state index contributed by atoms with van der Waals surface area (Å²) in [5.41, 5.74) is 0. The molecule has 0 aromatic heterocycles. The normalized spacial score (nSPS) is 30.7. The van der Waals surface area contributed by atoms with Gasteiger partial charge in [-0.25, -0.2) is 0 Å². The first kappa shape index (κ1) is 12.0. The Balaban J connectivity index is 2.47. The highest BCUT2D eigenvalue weighted by atomic mass is 16.6. The Morgan fingerprint density at radius 1 is 1.13 bits per heavy atom. The van der Waals surface area contributed by atoms with Crippen molar-refractivity contribution in [3.05, 3.63) is 0 Å². The number of carbonyl (C=O) groups excluding carboxylic acids is 2. The van der Waals surface area contributed by atoms with E-state index in [-0.39, 0.29) is 12.1 Å². The first-order valence-electron chi connectivity index (χ1n) is 5.01. The van der Waals surface area contributed by atoms with Crippen LogP contribution in [0.3, 0.4) is 0 Å². The van der Waals surface area contributed by atoms with Crippen LogP contribution in [-0.2, 0) is 19.1 Å². The molecule has 15 heavy (non-hydrogen) atoms. The molecule has 0 spiro atoms. The van der Waals surface area contributed by atoms with Gasteiger partial charge in [-0.15, -0.1) is 0 Å². The molecule has 0 saturated heterocycles. The summed E-state index contributed by atoms with van der Waals surface area (Å²) < 4.78 is 9.94. The second-order valence-electron chi connectivity index (χ2n) is 3.76. The highest BCUT2D eigenvalue weighted by Crippen LogP contribution is 2.24. The molecule has 1 saturated carbocycles. The molecular formula is C10H16O5. The topological polar surface area (TPSA) is 72.8 Å². The molecule has 0 bridgehead atoms. The zero-order valence-electron chi connectivity index (χ0n) is 8.93. The van der Waals surface area contributed by atoms with Crippen LogP contribution in [-0.4, -0.2) is 35.4 Å². The SMILES string of the molecule is CC(=O)OC1CCC(O)C(OC(C)=O)C1. The van der Waals surface area contributed by atoms with Gasteiger partial charge < -0.3 is 14.6 Å². The molecule has 0 aromatic rings. The third-order valence-corrected chi connectivity index (χ3v) is 2.36. The third kappa shape index (κ3) is 3.87. The van der Waals surface area contributed by atoms with E-state index in [9.17, 15) is 14.7 Å². The lowest BCUT2D eigenvalue weighted by Crippen LogP contribution is -2.40. The van der Waals surface area contributed by atoms with E-state index in [1.165, 1.54) is 13.8 Å². The van der Waals surface area contributed by atoms with Gasteiger partial charge in [0.25, 0.3) is 0 Å². The Labute approximate surface area is 88.4 Å². The van der Waals surface area contributed by atoms with Crippen molar-refractivity contribution in [2.24, 2.45) is 0 Å². The lowest BCUT2D eigenvalue weighted by molar-refractivity contribution is -0.164. The number of rotatable bonds is 2. The molecule has 0 aromatic carbocycles. The molecular weight excluding hydrogens is 200 g/mol. The summed E-state index contributed by atoms with van der Waals surface area (Å²) in [7, 11) is 0. The maximum Gasteiger partial charge on any atom is 0.302 e. The van der Waals surface area contributed by atoms with Crippen LogP contribution in [0.5, 0.6) is 0 Å². The van der Waals surface area contributed by atoms with E-state index in [0.717, 1.165) is 0 Å². The Hall–Kier alpha value is -1.10. The molecule has 0 aliphatic heterocycles. The van der Waals surface area contributed by atoms with E-state index >= 15 is 0 Å². The summed E-state index contributed by atoms with van der Waals surface area (Å²) in [5.74, 6) is -0.777. The highest BCUT2D eigenvalue weighted by molar-refractivity contribution is 5.66. The van der Waals surface area contributed by atoms with Crippen molar-refractivity contribution in [3.8, 4) is 0 Å². The van der Waals surface area contributed by atoms with Crippen LogP contribution in [0.25, 0.3) is 0 Å². The predicted molar refractivity (Wildman–Crippen MR) is 51.0 cm³/mol. The van der Waals surface area contributed by atoms with Gasteiger partial charge in [0.2, 0.25) is 0 Å². The fourth-order valence-corrected chi connectivity index (χ4v) is 1.76. The van der Waals surface area contributed by atoms with Crippen LogP contribution in [0, 0.1) is 0 Å². The molecule has 3 atom stereocenters. The van der Waals surface area contributed by atoms with E-state index in [1.54, 1.807) is 0 Å². The third-order valence-electron chi connectivity index (χ3n) is 2.36. The largest absolute Gasteiger partial charge is 0.462 e. The van der Waals surface area contributed by atoms with Gasteiger partial charge in [0.05, 0.1) is 6.10 Å². The van der Waals surface area contributed by atoms with Gasteiger partial charge in [-0.3, -0.25) is 9.59 Å². The number of esters is 2. The van der Waals surface area contributed by atoms with E-state index in [2.05, 4.69) is 0 Å². The highest BCUT2D eigenvalue weighted by Gasteiger charge is 2.32. The number of aliphatic hydroxyl groups excluding tert-OH is 1. The molecule has 1 rings (SSSR count). The summed E-state index contributed by atoms with van der Waals surface area (Å²) in [5, 5.41) is 9.55. The van der Waals surface area contributed by atoms with E-state index in [0.29, 0.717) is 19.3 Å². The Morgan fingerprint density at radius 2 is 1.73 bits per heavy atom. The van der Waals surface area contributed by atoms with Gasteiger partial charge >= 0.3 is 11.9 Å². The number of hydrogen-bond donors (Lipinski definition) is 1. The molecule has 0 radical (unpaired) electrons. The van der Waals surface area contributed by atoms with Crippen molar-refractivity contribution in [1.29, 1.82) is 0 Å². The molecule has 1 aliphatic carbocycles. The Morgan fingerprint density at radius 3 is 2.27 bits per heavy atom. The summed E-state index contributed by atoms with van der Waals surface area (Å²) in [6.45, 7) is 2.63. The molecule has 3 unspecified atom stereocenters. The lowest BCUT2D eigenvalue weighted by Gasteiger charge is -2.31. The van der Waals surface area contributed by atoms with Gasteiger partial charge in [-0.2, -0.15) is 0 Å². The van der Waals surface area contributed by atoms with Crippen LogP contribution in [0.4, 0.5) is 0 Å². The van der Waals surface area contributed by atoms with Crippen LogP contribution < -0.4 is 0 Å². The zero-order chi connectivity index (χ0) is 11.4. The predicted octanol–water partition coefficient (Wildman–Crippen LogP) is 0.395. The van der Waals surface area contributed by atoms with Crippen molar-refractivity contribution < 1.29 is 24.2 Å². The van der Waals surface area contributed by atoms with Crippen LogP contribution >= 0.6 is 0 Å². The maximum absolute atomic E-state index is 10.7. The zero-order valence-corrected chi connectivity index (χ0v) is 8.93. The molecule has 0 heterocycles. The van der Waals surface area contributed by atoms with Gasteiger partial charge in [0, 0.05) is 20.3 Å². The molecule has 86 valence electrons. The molecule has 1 N–H and O–H groups in total. The number of aliphatic hydroxyl groups is 1. The average molecular weight is 216 g/mol. The first-order chi connectivity index (χ1) is 6.99. The smallest absolute Gasteiger partial charge is 0.302 e. The van der Waals surface area contributed by atoms with Crippen molar-refractivity contribution in [2.45, 2.75) is 51.4 Å². The van der Waals surface area contributed by atoms with E-state index in [1.807, 2.05) is 0 Å². The summed E-state index contributed by atoms with van der Waals surface area (Å²) >= 11 is 0. The minimum atomic E-state index is -0.652. The fourth-order valence-electron chi connectivity index (χ4n) is 1.76. The lowest BCUT2D eigenvalue weighted by atomic mass is 9.92. The van der Waals surface area contributed by atoms with Crippen LogP contribution in [0.2, 0.25) is 0 Å². The van der Waals surface area contributed by atoms with Gasteiger partial charge in [-0.05, 0) is 12.8 Å². The number of hydrogen-bond acceptors (Lipinski definition) is 5. The minimum absolute atomic E-state index is 0.254. The first-order valence-corrected chi connectivity index (χ1v) is 5.01. The van der Waals surface area contributed by atoms with Crippen molar-refractivity contribution in [3.63, 3.8) is 0 Å². The molecule has 0 amide bonds. The molecule has 5 nitrogen and oxygen atoms in total. The van der Waals surface area contributed by atoms with E-state index < -0.39 is 18.2 Å². The second-order valence-corrected chi connectivity index (χ2v) is 3.76. The summed E-state index contributed by atoms with van der Waals surface area (Å²) in [6, 6.07) is 0. The fraction of sp³-hybridized carbons (Fsp3) is 0.800. The minimum Gasteiger partial charge on any atom is -0.462 e. The van der Waals surface area contributed by atoms with Crippen molar-refractivity contribution in [1.82, 2.24) is 0 Å². The van der Waals surface area contributed by atoms with Gasteiger partial charge in [0.15, 0.2) is 0 Å². The molecule has 5 heteroatoms. The number of carbonyl (C=O) groups is 2. The Kier molecular flexibility index (Phi) is 4.08. The Bertz CT molecular complexity index is 250. The van der Waals surface area contributed by atoms with E-state index in [4.69, 9.17) is 9.47 Å². The second kappa shape index (κ2) is 5.11. The monoisotopic (exact) mass is 216 g/mol. The standard InChI is InChI=1S/C10H16O5/c1-6(11)14-8-3-4-9(13)10(5-8)15-7(2)12/h8-10,13H,3-5H2,1-2H3.